The first-order chi connectivity index (χ1) is 8.13. The summed E-state index contributed by atoms with van der Waals surface area (Å²) < 4.78 is 0. The minimum atomic E-state index is -0.0492. The molecule has 0 saturated heterocycles. The molecule has 5 heteroatoms. The van der Waals surface area contributed by atoms with Crippen molar-refractivity contribution in [3.05, 3.63) is 45.3 Å². The molecule has 1 N–H and O–H groups in total. The Kier molecular flexibility index (Phi) is 5.04. The average molecular weight is 232 g/mol. The highest BCUT2D eigenvalue weighted by atomic mass is 16.1. The van der Waals surface area contributed by atoms with Crippen LogP contribution in [-0.2, 0) is 11.2 Å². The molecule has 0 saturated carbocycles. The summed E-state index contributed by atoms with van der Waals surface area (Å²) in [5, 5.41) is 6.06. The minimum Gasteiger partial charge on any atom is -0.356 e. The highest BCUT2D eigenvalue weighted by Crippen LogP contribution is 2.11. The van der Waals surface area contributed by atoms with Gasteiger partial charge in [0.15, 0.2) is 0 Å². The quantitative estimate of drug-likeness (QED) is 0.359. The topological polar surface area (TPSA) is 77.9 Å². The van der Waals surface area contributed by atoms with Gasteiger partial charge in [0.05, 0.1) is 6.42 Å². The molecule has 1 aromatic carbocycles. The van der Waals surface area contributed by atoms with Crippen molar-refractivity contribution in [1.82, 2.24) is 5.32 Å². The Labute approximate surface area is 100 Å². The number of carbonyl (C=O) groups excluding carboxylic acids is 1. The van der Waals surface area contributed by atoms with Gasteiger partial charge >= 0.3 is 0 Å². The van der Waals surface area contributed by atoms with E-state index in [-0.39, 0.29) is 12.5 Å². The maximum absolute atomic E-state index is 11.6. The third kappa shape index (κ3) is 4.57. The Hall–Kier alpha value is -2.00. The molecule has 0 aliphatic rings. The maximum atomic E-state index is 11.6. The van der Waals surface area contributed by atoms with Crippen molar-refractivity contribution in [1.29, 1.82) is 0 Å². The van der Waals surface area contributed by atoms with E-state index in [0.717, 1.165) is 16.7 Å². The molecule has 5 nitrogen and oxygen atoms in total. The number of aryl methyl sites for hydroxylation is 2. The molecule has 0 atom stereocenters. The number of hydrogen-bond donors (Lipinski definition) is 1. The van der Waals surface area contributed by atoms with E-state index in [2.05, 4.69) is 15.3 Å². The monoisotopic (exact) mass is 232 g/mol. The number of nitrogens with zero attached hydrogens (tertiary/aromatic N) is 3. The number of carbonyl (C=O) groups is 1. The Balaban J connectivity index is 2.50. The molecule has 0 spiro atoms. The van der Waals surface area contributed by atoms with E-state index >= 15 is 0 Å². The zero-order valence-corrected chi connectivity index (χ0v) is 10.1. The van der Waals surface area contributed by atoms with Gasteiger partial charge in [-0.15, -0.1) is 0 Å². The van der Waals surface area contributed by atoms with Gasteiger partial charge in [0.2, 0.25) is 5.91 Å². The Morgan fingerprint density at radius 3 is 2.94 bits per heavy atom. The zero-order chi connectivity index (χ0) is 12.7. The molecular weight excluding hydrogens is 216 g/mol. The summed E-state index contributed by atoms with van der Waals surface area (Å²) in [5.74, 6) is -0.0492. The zero-order valence-electron chi connectivity index (χ0n) is 10.1. The van der Waals surface area contributed by atoms with E-state index in [4.69, 9.17) is 5.53 Å². The fourth-order valence-corrected chi connectivity index (χ4v) is 1.52. The predicted octanol–water partition coefficient (Wildman–Crippen LogP) is 2.27. The number of nitrogens with one attached hydrogen (secondary N) is 1. The van der Waals surface area contributed by atoms with E-state index in [1.54, 1.807) is 0 Å². The van der Waals surface area contributed by atoms with Gasteiger partial charge in [0, 0.05) is 18.0 Å². The predicted molar refractivity (Wildman–Crippen MR) is 66.6 cm³/mol. The molecular formula is C12H16N4O. The third-order valence-electron chi connectivity index (χ3n) is 2.45. The summed E-state index contributed by atoms with van der Waals surface area (Å²) in [6, 6.07) is 6.05. The largest absolute Gasteiger partial charge is 0.356 e. The molecule has 0 aliphatic carbocycles. The molecule has 1 aromatic rings. The SMILES string of the molecule is Cc1ccc(C)c(CC(=O)NCCN=[N+]=[N-])c1. The Morgan fingerprint density at radius 2 is 2.24 bits per heavy atom. The molecule has 0 fully saturated rings. The highest BCUT2D eigenvalue weighted by molar-refractivity contribution is 5.78. The lowest BCUT2D eigenvalue weighted by Crippen LogP contribution is -2.27. The van der Waals surface area contributed by atoms with Gasteiger partial charge < -0.3 is 5.32 Å². The highest BCUT2D eigenvalue weighted by Gasteiger charge is 2.05. The van der Waals surface area contributed by atoms with E-state index in [9.17, 15) is 4.79 Å². The van der Waals surface area contributed by atoms with Crippen molar-refractivity contribution in [2.75, 3.05) is 13.1 Å². The number of benzene rings is 1. The van der Waals surface area contributed by atoms with E-state index in [1.165, 1.54) is 0 Å². The summed E-state index contributed by atoms with van der Waals surface area (Å²) >= 11 is 0. The van der Waals surface area contributed by atoms with Crippen molar-refractivity contribution >= 4 is 5.91 Å². The molecule has 90 valence electrons. The maximum Gasteiger partial charge on any atom is 0.224 e. The van der Waals surface area contributed by atoms with Crippen LogP contribution >= 0.6 is 0 Å². The smallest absolute Gasteiger partial charge is 0.224 e. The van der Waals surface area contributed by atoms with Crippen LogP contribution in [0.25, 0.3) is 10.4 Å². The summed E-state index contributed by atoms with van der Waals surface area (Å²) in [6.45, 7) is 4.66. The average Bonchev–Trinajstić information content (AvgIpc) is 2.29. The third-order valence-corrected chi connectivity index (χ3v) is 2.45. The van der Waals surface area contributed by atoms with Crippen LogP contribution in [0.15, 0.2) is 23.3 Å². The fourth-order valence-electron chi connectivity index (χ4n) is 1.52. The van der Waals surface area contributed by atoms with Gasteiger partial charge in [-0.3, -0.25) is 4.79 Å². The molecule has 0 heterocycles. The second-order valence-electron chi connectivity index (χ2n) is 3.91. The first-order valence-corrected chi connectivity index (χ1v) is 5.47. The summed E-state index contributed by atoms with van der Waals surface area (Å²) in [7, 11) is 0. The molecule has 17 heavy (non-hydrogen) atoms. The van der Waals surface area contributed by atoms with Crippen molar-refractivity contribution in [3.63, 3.8) is 0 Å². The summed E-state index contributed by atoms with van der Waals surface area (Å²) in [6.07, 6.45) is 0.365. The van der Waals surface area contributed by atoms with Crippen LogP contribution in [0.4, 0.5) is 0 Å². The number of hydrogen-bond acceptors (Lipinski definition) is 2. The van der Waals surface area contributed by atoms with Crippen LogP contribution in [0.5, 0.6) is 0 Å². The number of rotatable bonds is 5. The van der Waals surface area contributed by atoms with E-state index in [1.807, 2.05) is 32.0 Å². The molecule has 0 aromatic heterocycles. The molecule has 1 rings (SSSR count). The lowest BCUT2D eigenvalue weighted by molar-refractivity contribution is -0.120. The fraction of sp³-hybridized carbons (Fsp3) is 0.417. The second-order valence-corrected chi connectivity index (χ2v) is 3.91. The van der Waals surface area contributed by atoms with Crippen molar-refractivity contribution < 1.29 is 4.79 Å². The lowest BCUT2D eigenvalue weighted by Gasteiger charge is -2.07. The Morgan fingerprint density at radius 1 is 1.47 bits per heavy atom. The number of amides is 1. The van der Waals surface area contributed by atoms with Crippen LogP contribution in [-0.4, -0.2) is 19.0 Å². The lowest BCUT2D eigenvalue weighted by atomic mass is 10.0. The van der Waals surface area contributed by atoms with Crippen molar-refractivity contribution in [3.8, 4) is 0 Å². The van der Waals surface area contributed by atoms with Crippen LogP contribution in [0.3, 0.4) is 0 Å². The molecule has 0 radical (unpaired) electrons. The molecule has 1 amide bonds. The normalized spacial score (nSPS) is 9.53. The second kappa shape index (κ2) is 6.55. The molecule has 0 unspecified atom stereocenters. The van der Waals surface area contributed by atoms with E-state index < -0.39 is 0 Å². The van der Waals surface area contributed by atoms with Gasteiger partial charge in [-0.1, -0.05) is 28.9 Å². The first kappa shape index (κ1) is 13.1. The van der Waals surface area contributed by atoms with Gasteiger partial charge in [-0.25, -0.2) is 0 Å². The van der Waals surface area contributed by atoms with Crippen LogP contribution in [0.2, 0.25) is 0 Å². The summed E-state index contributed by atoms with van der Waals surface area (Å²) in [5.41, 5.74) is 11.4. The summed E-state index contributed by atoms with van der Waals surface area (Å²) in [4.78, 5) is 14.2. The van der Waals surface area contributed by atoms with E-state index in [0.29, 0.717) is 13.0 Å². The standard InChI is InChI=1S/C12H16N4O/c1-9-3-4-10(2)11(7-9)8-12(17)14-5-6-15-16-13/h3-4,7H,5-6,8H2,1-2H3,(H,14,17). The molecule has 0 aliphatic heterocycles. The van der Waals surface area contributed by atoms with Crippen molar-refractivity contribution in [2.45, 2.75) is 20.3 Å². The van der Waals surface area contributed by atoms with Gasteiger partial charge in [0.25, 0.3) is 0 Å². The first-order valence-electron chi connectivity index (χ1n) is 5.47. The minimum absolute atomic E-state index is 0.0492. The number of azide groups is 1. The van der Waals surface area contributed by atoms with Gasteiger partial charge in [-0.2, -0.15) is 0 Å². The van der Waals surface area contributed by atoms with Gasteiger partial charge in [0.1, 0.15) is 0 Å². The van der Waals surface area contributed by atoms with Gasteiger partial charge in [-0.05, 0) is 30.5 Å². The van der Waals surface area contributed by atoms with Crippen LogP contribution in [0, 0.1) is 13.8 Å². The van der Waals surface area contributed by atoms with Crippen LogP contribution in [0.1, 0.15) is 16.7 Å². The Bertz CT molecular complexity index is 450. The van der Waals surface area contributed by atoms with Crippen molar-refractivity contribution in [2.24, 2.45) is 5.11 Å². The van der Waals surface area contributed by atoms with Crippen LogP contribution < -0.4 is 5.32 Å². The molecule has 0 bridgehead atoms.